The third-order valence-corrected chi connectivity index (χ3v) is 6.20. The summed E-state index contributed by atoms with van der Waals surface area (Å²) < 4.78 is 41.8. The smallest absolute Gasteiger partial charge is 0.303 e. The van der Waals surface area contributed by atoms with Gasteiger partial charge in [0, 0.05) is 29.7 Å². The van der Waals surface area contributed by atoms with Crippen LogP contribution in [-0.2, 0) is 13.1 Å². The van der Waals surface area contributed by atoms with Crippen molar-refractivity contribution in [2.75, 3.05) is 0 Å². The molecule has 150 valence electrons. The second-order valence-electron chi connectivity index (χ2n) is 6.92. The van der Waals surface area contributed by atoms with E-state index in [1.807, 2.05) is 0 Å². The van der Waals surface area contributed by atoms with Gasteiger partial charge >= 0.3 is 11.9 Å². The summed E-state index contributed by atoms with van der Waals surface area (Å²) in [7, 11) is 0. The zero-order valence-electron chi connectivity index (χ0n) is 14.9. The molecule has 0 aliphatic heterocycles. The molecular weight excluding hydrogens is 397 g/mol. The molecule has 3 aromatic heterocycles. The number of rotatable bonds is 5. The molecule has 0 aromatic carbocycles. The number of aryl methyl sites for hydroxylation is 2. The van der Waals surface area contributed by atoms with Crippen LogP contribution in [0, 0.1) is 6.92 Å². The molecule has 0 radical (unpaired) electrons. The minimum atomic E-state index is -4.42. The molecule has 1 N–H and O–H groups in total. The highest BCUT2D eigenvalue weighted by Gasteiger charge is 2.32. The maximum absolute atomic E-state index is 12.9. The Morgan fingerprint density at radius 1 is 1.25 bits per heavy atom. The van der Waals surface area contributed by atoms with E-state index >= 15 is 0 Å². The summed E-state index contributed by atoms with van der Waals surface area (Å²) in [6, 6.07) is 1.09. The van der Waals surface area contributed by atoms with Gasteiger partial charge in [0.25, 0.3) is 11.1 Å². The largest absolute Gasteiger partial charge is 0.390 e. The van der Waals surface area contributed by atoms with Crippen molar-refractivity contribution >= 4 is 21.6 Å². The predicted octanol–water partition coefficient (Wildman–Crippen LogP) is 2.36. The first-order valence-electron chi connectivity index (χ1n) is 8.75. The highest BCUT2D eigenvalue weighted by atomic mass is 32.1. The number of hydrogen-bond donors (Lipinski definition) is 1. The van der Waals surface area contributed by atoms with Gasteiger partial charge in [-0.05, 0) is 25.3 Å². The second-order valence-corrected chi connectivity index (χ2v) is 8.01. The zero-order valence-corrected chi connectivity index (χ0v) is 15.7. The molecular formula is C17H17F3N4O3S. The van der Waals surface area contributed by atoms with Gasteiger partial charge in [0.05, 0.1) is 18.4 Å². The van der Waals surface area contributed by atoms with Gasteiger partial charge in [-0.25, -0.2) is 9.48 Å². The monoisotopic (exact) mass is 414 g/mol. The van der Waals surface area contributed by atoms with Crippen molar-refractivity contribution < 1.29 is 13.2 Å². The van der Waals surface area contributed by atoms with Crippen LogP contribution in [0.2, 0.25) is 0 Å². The highest BCUT2D eigenvalue weighted by Crippen LogP contribution is 2.34. The number of aromatic amines is 1. The summed E-state index contributed by atoms with van der Waals surface area (Å²) >= 11 is 1.08. The van der Waals surface area contributed by atoms with Gasteiger partial charge in [0.15, 0.2) is 0 Å². The highest BCUT2D eigenvalue weighted by molar-refractivity contribution is 7.18. The Morgan fingerprint density at radius 2 is 1.96 bits per heavy atom. The van der Waals surface area contributed by atoms with Gasteiger partial charge in [-0.15, -0.1) is 11.3 Å². The van der Waals surface area contributed by atoms with Gasteiger partial charge in [-0.3, -0.25) is 18.7 Å². The van der Waals surface area contributed by atoms with Crippen LogP contribution in [-0.4, -0.2) is 25.1 Å². The molecule has 1 aliphatic carbocycles. The van der Waals surface area contributed by atoms with E-state index in [-0.39, 0.29) is 28.4 Å². The van der Waals surface area contributed by atoms with Crippen LogP contribution in [0.5, 0.6) is 0 Å². The summed E-state index contributed by atoms with van der Waals surface area (Å²) in [6.45, 7) is 1.29. The molecule has 1 aliphatic rings. The Kier molecular flexibility index (Phi) is 4.36. The molecule has 0 unspecified atom stereocenters. The van der Waals surface area contributed by atoms with Gasteiger partial charge in [-0.2, -0.15) is 13.2 Å². The second kappa shape index (κ2) is 6.50. The van der Waals surface area contributed by atoms with Crippen molar-refractivity contribution in [3.63, 3.8) is 0 Å². The molecule has 3 heterocycles. The van der Waals surface area contributed by atoms with Crippen molar-refractivity contribution in [2.24, 2.45) is 0 Å². The maximum atomic E-state index is 12.9. The van der Waals surface area contributed by atoms with Crippen LogP contribution in [0.25, 0.3) is 10.2 Å². The summed E-state index contributed by atoms with van der Waals surface area (Å²) in [5, 5.41) is 3.02. The number of thiophene rings is 1. The van der Waals surface area contributed by atoms with Gasteiger partial charge < -0.3 is 5.10 Å². The van der Waals surface area contributed by atoms with Gasteiger partial charge in [0.1, 0.15) is 4.83 Å². The van der Waals surface area contributed by atoms with Crippen LogP contribution in [0.1, 0.15) is 35.7 Å². The van der Waals surface area contributed by atoms with E-state index in [1.165, 1.54) is 16.9 Å². The standard InChI is InChI=1S/C17H17F3N4O3S/c1-9-11(8-23-12(25)4-6-21-23)28-15-13(9)14(26)24(10-2-3-10)16(27)22(15)7-5-17(18,19)20/h4,6,10,21H,2-3,5,7-8H2,1H3. The average Bonchev–Trinajstić information content (AvgIpc) is 3.27. The number of H-pyrrole nitrogens is 1. The summed E-state index contributed by atoms with van der Waals surface area (Å²) in [5.74, 6) is 0. The molecule has 1 fully saturated rings. The lowest BCUT2D eigenvalue weighted by atomic mass is 10.2. The molecule has 0 amide bonds. The van der Waals surface area contributed by atoms with Crippen LogP contribution in [0.3, 0.4) is 0 Å². The van der Waals surface area contributed by atoms with Crippen LogP contribution >= 0.6 is 11.3 Å². The predicted molar refractivity (Wildman–Crippen MR) is 98.2 cm³/mol. The molecule has 4 rings (SSSR count). The topological polar surface area (TPSA) is 81.8 Å². The number of fused-ring (bicyclic) bond motifs is 1. The molecule has 11 heteroatoms. The fourth-order valence-corrected chi connectivity index (χ4v) is 4.58. The van der Waals surface area contributed by atoms with Crippen molar-refractivity contribution in [3.8, 4) is 0 Å². The van der Waals surface area contributed by atoms with E-state index in [0.29, 0.717) is 23.3 Å². The Hall–Kier alpha value is -2.56. The lowest BCUT2D eigenvalue weighted by Crippen LogP contribution is -2.39. The number of alkyl halides is 3. The first-order valence-corrected chi connectivity index (χ1v) is 9.57. The van der Waals surface area contributed by atoms with Crippen LogP contribution in [0.15, 0.2) is 26.6 Å². The van der Waals surface area contributed by atoms with Crippen LogP contribution in [0.4, 0.5) is 13.2 Å². The normalized spacial score (nSPS) is 14.9. The number of aromatic nitrogens is 4. The minimum absolute atomic E-state index is 0.146. The van der Waals surface area contributed by atoms with Crippen molar-refractivity contribution in [3.05, 3.63) is 53.9 Å². The summed E-state index contributed by atoms with van der Waals surface area (Å²) in [5.41, 5.74) is -0.845. The molecule has 3 aromatic rings. The molecule has 1 saturated carbocycles. The molecule has 7 nitrogen and oxygen atoms in total. The number of halogens is 3. The van der Waals surface area contributed by atoms with E-state index < -0.39 is 30.4 Å². The molecule has 0 atom stereocenters. The Labute approximate surface area is 159 Å². The van der Waals surface area contributed by atoms with E-state index in [0.717, 1.165) is 20.5 Å². The third-order valence-electron chi connectivity index (χ3n) is 4.90. The lowest BCUT2D eigenvalue weighted by molar-refractivity contribution is -0.136. The van der Waals surface area contributed by atoms with Crippen molar-refractivity contribution in [1.29, 1.82) is 0 Å². The average molecular weight is 414 g/mol. The number of hydrogen-bond acceptors (Lipinski definition) is 4. The van der Waals surface area contributed by atoms with Crippen LogP contribution < -0.4 is 16.8 Å². The Bertz CT molecular complexity index is 1220. The molecule has 0 saturated heterocycles. The van der Waals surface area contributed by atoms with E-state index in [4.69, 9.17) is 0 Å². The molecule has 0 bridgehead atoms. The lowest BCUT2D eigenvalue weighted by Gasteiger charge is -2.12. The zero-order chi connectivity index (χ0) is 20.2. The number of nitrogens with one attached hydrogen (secondary N) is 1. The fraction of sp³-hybridized carbons (Fsp3) is 0.471. The van der Waals surface area contributed by atoms with Crippen molar-refractivity contribution in [1.82, 2.24) is 18.9 Å². The SMILES string of the molecule is Cc1c(Cn2[nH]ccc2=O)sc2c1c(=O)n(C1CC1)c(=O)n2CCC(F)(F)F. The minimum Gasteiger partial charge on any atom is -0.303 e. The molecule has 28 heavy (non-hydrogen) atoms. The van der Waals surface area contributed by atoms with E-state index in [9.17, 15) is 27.6 Å². The number of nitrogens with zero attached hydrogens (tertiary/aromatic N) is 3. The van der Waals surface area contributed by atoms with E-state index in [1.54, 1.807) is 6.92 Å². The quantitative estimate of drug-likeness (QED) is 0.696. The Balaban J connectivity index is 1.92. The first-order chi connectivity index (χ1) is 13.2. The summed E-state index contributed by atoms with van der Waals surface area (Å²) in [4.78, 5) is 38.4. The first kappa shape index (κ1) is 18.8. The summed E-state index contributed by atoms with van der Waals surface area (Å²) in [6.07, 6.45) is -2.78. The third kappa shape index (κ3) is 3.23. The fourth-order valence-electron chi connectivity index (χ4n) is 3.27. The Morgan fingerprint density at radius 3 is 2.54 bits per heavy atom. The van der Waals surface area contributed by atoms with Gasteiger partial charge in [0.2, 0.25) is 0 Å². The maximum Gasteiger partial charge on any atom is 0.390 e. The van der Waals surface area contributed by atoms with Gasteiger partial charge in [-0.1, -0.05) is 0 Å². The van der Waals surface area contributed by atoms with E-state index in [2.05, 4.69) is 5.10 Å². The molecule has 0 spiro atoms. The van der Waals surface area contributed by atoms with Crippen molar-refractivity contribution in [2.45, 2.75) is 51.5 Å².